The Bertz CT molecular complexity index is 469. The van der Waals surface area contributed by atoms with Crippen molar-refractivity contribution in [3.05, 3.63) is 29.3 Å². The summed E-state index contributed by atoms with van der Waals surface area (Å²) in [5.74, 6) is 0.231. The number of nitrogens with one attached hydrogen (secondary N) is 1. The van der Waals surface area contributed by atoms with Crippen molar-refractivity contribution >= 4 is 35.8 Å². The lowest BCUT2D eigenvalue weighted by Gasteiger charge is -2.17. The number of amides is 2. The van der Waals surface area contributed by atoms with E-state index in [9.17, 15) is 9.59 Å². The number of carbonyl (C=O) groups is 2. The summed E-state index contributed by atoms with van der Waals surface area (Å²) in [6.45, 7) is 0.885. The summed E-state index contributed by atoms with van der Waals surface area (Å²) < 4.78 is 5.52. The smallest absolute Gasteiger partial charge is 0.241 e. The number of nitrogens with two attached hydrogens (primary N) is 1. The van der Waals surface area contributed by atoms with Gasteiger partial charge in [-0.25, -0.2) is 0 Å². The van der Waals surface area contributed by atoms with Gasteiger partial charge in [0.15, 0.2) is 0 Å². The molecular weight excluding hydrogens is 329 g/mol. The molecule has 1 rings (SSSR count). The highest BCUT2D eigenvalue weighted by Gasteiger charge is 2.09. The maximum absolute atomic E-state index is 11.7. The van der Waals surface area contributed by atoms with Gasteiger partial charge < -0.3 is 20.7 Å². The van der Waals surface area contributed by atoms with Crippen molar-refractivity contribution < 1.29 is 14.3 Å². The predicted molar refractivity (Wildman–Crippen MR) is 88.5 cm³/mol. The molecule has 1 aromatic carbocycles. The predicted octanol–water partition coefficient (Wildman–Crippen LogP) is 1.06. The van der Waals surface area contributed by atoms with Crippen LogP contribution in [-0.2, 0) is 9.59 Å². The van der Waals surface area contributed by atoms with E-state index in [4.69, 9.17) is 22.1 Å². The van der Waals surface area contributed by atoms with Crippen LogP contribution in [-0.4, -0.2) is 50.0 Å². The van der Waals surface area contributed by atoms with E-state index in [1.807, 2.05) is 0 Å². The fourth-order valence-electron chi connectivity index (χ4n) is 1.53. The number of hydrogen-bond donors (Lipinski definition) is 2. The molecule has 0 aliphatic rings. The van der Waals surface area contributed by atoms with Crippen LogP contribution in [0.1, 0.15) is 6.42 Å². The van der Waals surface area contributed by atoms with Gasteiger partial charge in [-0.1, -0.05) is 11.6 Å². The molecule has 0 atom stereocenters. The van der Waals surface area contributed by atoms with Crippen molar-refractivity contribution in [1.82, 2.24) is 10.2 Å². The second-order valence-corrected chi connectivity index (χ2v) is 4.89. The van der Waals surface area contributed by atoms with E-state index in [1.54, 1.807) is 36.2 Å². The molecule has 0 saturated heterocycles. The standard InChI is InChI=1S/C14H20ClN3O3.ClH/c1-18(14(20)10-17-13(19)9-16)7-2-8-21-12-5-3-11(15)4-6-12;/h3-6H,2,7-10,16H2,1H3,(H,17,19);1H. The van der Waals surface area contributed by atoms with Gasteiger partial charge >= 0.3 is 0 Å². The Labute approximate surface area is 141 Å². The van der Waals surface area contributed by atoms with Crippen molar-refractivity contribution in [2.45, 2.75) is 6.42 Å². The second kappa shape index (κ2) is 11.1. The Hall–Kier alpha value is -1.50. The van der Waals surface area contributed by atoms with E-state index in [0.717, 1.165) is 5.75 Å². The maximum Gasteiger partial charge on any atom is 0.241 e. The van der Waals surface area contributed by atoms with Crippen LogP contribution in [0, 0.1) is 0 Å². The van der Waals surface area contributed by atoms with Crippen molar-refractivity contribution in [3.63, 3.8) is 0 Å². The summed E-state index contributed by atoms with van der Waals surface area (Å²) in [5.41, 5.74) is 5.14. The van der Waals surface area contributed by atoms with Crippen LogP contribution in [0.4, 0.5) is 0 Å². The number of benzene rings is 1. The average molecular weight is 350 g/mol. The first-order chi connectivity index (χ1) is 10.0. The van der Waals surface area contributed by atoms with Crippen LogP contribution in [0.15, 0.2) is 24.3 Å². The normalized spacial score (nSPS) is 9.59. The largest absolute Gasteiger partial charge is 0.494 e. The fraction of sp³-hybridized carbons (Fsp3) is 0.429. The molecule has 0 unspecified atom stereocenters. The Morgan fingerprint density at radius 1 is 1.32 bits per heavy atom. The van der Waals surface area contributed by atoms with E-state index in [-0.39, 0.29) is 37.3 Å². The molecule has 0 bridgehead atoms. The zero-order valence-electron chi connectivity index (χ0n) is 12.4. The topological polar surface area (TPSA) is 84.7 Å². The van der Waals surface area contributed by atoms with Crippen molar-refractivity contribution in [2.24, 2.45) is 5.73 Å². The monoisotopic (exact) mass is 349 g/mol. The molecule has 0 aliphatic carbocycles. The van der Waals surface area contributed by atoms with E-state index in [2.05, 4.69) is 5.32 Å². The SMILES string of the molecule is CN(CCCOc1ccc(Cl)cc1)C(=O)CNC(=O)CN.Cl. The van der Waals surface area contributed by atoms with Crippen LogP contribution in [0.25, 0.3) is 0 Å². The molecule has 0 heterocycles. The third-order valence-corrected chi connectivity index (χ3v) is 3.02. The molecule has 2 amide bonds. The van der Waals surface area contributed by atoms with Crippen molar-refractivity contribution in [2.75, 3.05) is 33.3 Å². The Kier molecular flexibility index (Phi) is 10.4. The molecule has 0 saturated carbocycles. The van der Waals surface area contributed by atoms with Crippen LogP contribution in [0.5, 0.6) is 5.75 Å². The molecule has 1 aromatic rings. The zero-order chi connectivity index (χ0) is 15.7. The van der Waals surface area contributed by atoms with E-state index >= 15 is 0 Å². The van der Waals surface area contributed by atoms with E-state index < -0.39 is 0 Å². The van der Waals surface area contributed by atoms with Gasteiger partial charge in [0.2, 0.25) is 11.8 Å². The van der Waals surface area contributed by atoms with Crippen LogP contribution in [0.3, 0.4) is 0 Å². The summed E-state index contributed by atoms with van der Waals surface area (Å²) >= 11 is 5.77. The molecule has 8 heteroatoms. The number of halogens is 2. The third-order valence-electron chi connectivity index (χ3n) is 2.77. The third kappa shape index (κ3) is 8.07. The molecule has 0 spiro atoms. The Morgan fingerprint density at radius 3 is 2.55 bits per heavy atom. The number of nitrogens with zero attached hydrogens (tertiary/aromatic N) is 1. The lowest BCUT2D eigenvalue weighted by Crippen LogP contribution is -2.40. The van der Waals surface area contributed by atoms with Crippen molar-refractivity contribution in [1.29, 1.82) is 0 Å². The van der Waals surface area contributed by atoms with Gasteiger partial charge in [0.1, 0.15) is 5.75 Å². The molecule has 22 heavy (non-hydrogen) atoms. The molecule has 3 N–H and O–H groups in total. The molecule has 6 nitrogen and oxygen atoms in total. The van der Waals surface area contributed by atoms with Gasteiger partial charge in [0, 0.05) is 18.6 Å². The molecule has 0 aliphatic heterocycles. The van der Waals surface area contributed by atoms with E-state index in [0.29, 0.717) is 24.6 Å². The van der Waals surface area contributed by atoms with Gasteiger partial charge in [-0.15, -0.1) is 12.4 Å². The number of ether oxygens (including phenoxy) is 1. The Balaban J connectivity index is 0.00000441. The summed E-state index contributed by atoms with van der Waals surface area (Å²) in [6, 6.07) is 7.10. The van der Waals surface area contributed by atoms with Gasteiger partial charge in [-0.2, -0.15) is 0 Å². The zero-order valence-corrected chi connectivity index (χ0v) is 14.0. The maximum atomic E-state index is 11.7. The lowest BCUT2D eigenvalue weighted by atomic mass is 10.3. The number of likely N-dealkylation sites (N-methyl/N-ethyl adjacent to an activating group) is 1. The van der Waals surface area contributed by atoms with Gasteiger partial charge in [-0.05, 0) is 30.7 Å². The average Bonchev–Trinajstić information content (AvgIpc) is 2.50. The summed E-state index contributed by atoms with van der Waals surface area (Å²) in [7, 11) is 1.68. The minimum atomic E-state index is -0.345. The summed E-state index contributed by atoms with van der Waals surface area (Å²) in [6.07, 6.45) is 0.690. The van der Waals surface area contributed by atoms with Gasteiger partial charge in [0.05, 0.1) is 19.7 Å². The van der Waals surface area contributed by atoms with Crippen LogP contribution < -0.4 is 15.8 Å². The summed E-state index contributed by atoms with van der Waals surface area (Å²) in [5, 5.41) is 3.10. The van der Waals surface area contributed by atoms with E-state index in [1.165, 1.54) is 0 Å². The number of carbonyl (C=O) groups excluding carboxylic acids is 2. The highest BCUT2D eigenvalue weighted by Crippen LogP contribution is 2.15. The van der Waals surface area contributed by atoms with Crippen LogP contribution >= 0.6 is 24.0 Å². The lowest BCUT2D eigenvalue weighted by molar-refractivity contribution is -0.131. The molecule has 0 radical (unpaired) electrons. The fourth-order valence-corrected chi connectivity index (χ4v) is 1.65. The minimum Gasteiger partial charge on any atom is -0.494 e. The molecule has 124 valence electrons. The Morgan fingerprint density at radius 2 is 1.95 bits per heavy atom. The molecule has 0 aromatic heterocycles. The molecule has 0 fully saturated rings. The number of rotatable bonds is 8. The first kappa shape index (κ1) is 20.5. The molecular formula is C14H21Cl2N3O3. The number of hydrogen-bond acceptors (Lipinski definition) is 4. The summed E-state index contributed by atoms with van der Waals surface area (Å²) in [4.78, 5) is 24.2. The highest BCUT2D eigenvalue weighted by atomic mass is 35.5. The van der Waals surface area contributed by atoms with Crippen molar-refractivity contribution in [3.8, 4) is 5.75 Å². The van der Waals surface area contributed by atoms with Gasteiger partial charge in [0.25, 0.3) is 0 Å². The van der Waals surface area contributed by atoms with Crippen LogP contribution in [0.2, 0.25) is 5.02 Å². The highest BCUT2D eigenvalue weighted by molar-refractivity contribution is 6.30. The quantitative estimate of drug-likeness (QED) is 0.687. The first-order valence-corrected chi connectivity index (χ1v) is 7.00. The first-order valence-electron chi connectivity index (χ1n) is 6.62. The van der Waals surface area contributed by atoms with Gasteiger partial charge in [-0.3, -0.25) is 9.59 Å². The minimum absolute atomic E-state index is 0. The second-order valence-electron chi connectivity index (χ2n) is 4.45.